The topological polar surface area (TPSA) is 35.6 Å². The van der Waals surface area contributed by atoms with Crippen LogP contribution < -0.4 is 0 Å². The van der Waals surface area contributed by atoms with Gasteiger partial charge in [0.25, 0.3) is 0 Å². The van der Waals surface area contributed by atoms with Crippen LogP contribution in [0, 0.1) is 0 Å². The lowest BCUT2D eigenvalue weighted by molar-refractivity contribution is 0.591. The van der Waals surface area contributed by atoms with Crippen molar-refractivity contribution in [1.82, 2.24) is 19.1 Å². The summed E-state index contributed by atoms with van der Waals surface area (Å²) in [6, 6.07) is 66.6. The van der Waals surface area contributed by atoms with Crippen molar-refractivity contribution >= 4 is 43.6 Å². The van der Waals surface area contributed by atoms with Crippen LogP contribution in [0.3, 0.4) is 0 Å². The monoisotopic (exact) mass is 826 g/mol. The van der Waals surface area contributed by atoms with Gasteiger partial charge in [-0.05, 0) is 135 Å². The highest BCUT2D eigenvalue weighted by molar-refractivity contribution is 6.12. The van der Waals surface area contributed by atoms with Gasteiger partial charge in [-0.3, -0.25) is 9.97 Å². The Morgan fingerprint density at radius 3 is 1.09 bits per heavy atom. The molecule has 0 atom stereocenters. The van der Waals surface area contributed by atoms with Crippen LogP contribution in [0.1, 0.15) is 52.7 Å². The van der Waals surface area contributed by atoms with Gasteiger partial charge in [0.15, 0.2) is 0 Å². The minimum Gasteiger partial charge on any atom is -0.309 e. The molecule has 0 spiro atoms. The minimum atomic E-state index is -0.00448. The Balaban J connectivity index is 1.11. The SMILES string of the molecule is CC(C)(C)c1ccc2c(c1)c1cc(-c3ccccc3-c3ccccn3)ccc1n2-c1cccc(-n2c3ccc(-c4ccccc4-c4ccccn4)cc3c3cc(C(C)(C)C)ccc32)c1. The van der Waals surface area contributed by atoms with Gasteiger partial charge in [-0.15, -0.1) is 0 Å². The maximum absolute atomic E-state index is 4.74. The Bertz CT molecular complexity index is 3330. The zero-order chi connectivity index (χ0) is 43.7. The highest BCUT2D eigenvalue weighted by Crippen LogP contribution is 2.42. The molecule has 310 valence electrons. The Morgan fingerprint density at radius 2 is 0.703 bits per heavy atom. The first-order valence-corrected chi connectivity index (χ1v) is 22.3. The van der Waals surface area contributed by atoms with Crippen LogP contribution in [0.25, 0.3) is 99.8 Å². The number of benzene rings is 7. The van der Waals surface area contributed by atoms with Crippen LogP contribution in [-0.4, -0.2) is 19.1 Å². The Morgan fingerprint density at radius 1 is 0.328 bits per heavy atom. The van der Waals surface area contributed by atoms with Gasteiger partial charge in [-0.1, -0.05) is 133 Å². The molecule has 7 aromatic carbocycles. The van der Waals surface area contributed by atoms with Crippen molar-refractivity contribution in [3.05, 3.63) is 206 Å². The van der Waals surface area contributed by atoms with E-state index in [2.05, 4.69) is 221 Å². The fourth-order valence-corrected chi connectivity index (χ4v) is 9.60. The van der Waals surface area contributed by atoms with E-state index < -0.39 is 0 Å². The molecule has 0 fully saturated rings. The molecule has 64 heavy (non-hydrogen) atoms. The molecule has 0 aliphatic carbocycles. The van der Waals surface area contributed by atoms with E-state index in [9.17, 15) is 0 Å². The summed E-state index contributed by atoms with van der Waals surface area (Å²) in [7, 11) is 0. The van der Waals surface area contributed by atoms with Crippen LogP contribution in [-0.2, 0) is 10.8 Å². The second-order valence-corrected chi connectivity index (χ2v) is 19.1. The average molecular weight is 827 g/mol. The maximum atomic E-state index is 4.74. The van der Waals surface area contributed by atoms with E-state index in [1.165, 1.54) is 77.0 Å². The number of hydrogen-bond donors (Lipinski definition) is 0. The van der Waals surface area contributed by atoms with Crippen molar-refractivity contribution < 1.29 is 0 Å². The molecule has 0 bridgehead atoms. The largest absolute Gasteiger partial charge is 0.309 e. The van der Waals surface area contributed by atoms with Gasteiger partial charge >= 0.3 is 0 Å². The van der Waals surface area contributed by atoms with E-state index in [-0.39, 0.29) is 10.8 Å². The molecule has 0 unspecified atom stereocenters. The Kier molecular flexibility index (Phi) is 9.25. The van der Waals surface area contributed by atoms with E-state index in [1.807, 2.05) is 24.5 Å². The molecular weight excluding hydrogens is 777 g/mol. The first-order chi connectivity index (χ1) is 31.0. The summed E-state index contributed by atoms with van der Waals surface area (Å²) in [4.78, 5) is 9.47. The van der Waals surface area contributed by atoms with E-state index in [4.69, 9.17) is 9.97 Å². The quantitative estimate of drug-likeness (QED) is 0.167. The van der Waals surface area contributed by atoms with Crippen LogP contribution in [0.15, 0.2) is 194 Å². The van der Waals surface area contributed by atoms with Crippen molar-refractivity contribution in [2.45, 2.75) is 52.4 Å². The van der Waals surface area contributed by atoms with Crippen molar-refractivity contribution in [2.75, 3.05) is 0 Å². The Hall–Kier alpha value is -7.56. The number of rotatable bonds is 6. The molecule has 0 saturated heterocycles. The summed E-state index contributed by atoms with van der Waals surface area (Å²) in [5.74, 6) is 0. The molecule has 4 heterocycles. The molecule has 4 nitrogen and oxygen atoms in total. The van der Waals surface area contributed by atoms with E-state index in [1.54, 1.807) is 0 Å². The third-order valence-electron chi connectivity index (χ3n) is 13.0. The summed E-state index contributed by atoms with van der Waals surface area (Å²) in [5, 5.41) is 4.94. The van der Waals surface area contributed by atoms with Gasteiger partial charge in [0, 0.05) is 56.4 Å². The van der Waals surface area contributed by atoms with Gasteiger partial charge in [0.1, 0.15) is 0 Å². The molecule has 11 aromatic rings. The average Bonchev–Trinajstić information content (AvgIpc) is 3.83. The Labute approximate surface area is 375 Å². The lowest BCUT2D eigenvalue weighted by Gasteiger charge is -2.19. The van der Waals surface area contributed by atoms with Crippen molar-refractivity contribution in [3.8, 4) is 56.1 Å². The van der Waals surface area contributed by atoms with Gasteiger partial charge in [-0.25, -0.2) is 0 Å². The first kappa shape index (κ1) is 39.3. The zero-order valence-electron chi connectivity index (χ0n) is 37.3. The van der Waals surface area contributed by atoms with Crippen molar-refractivity contribution in [1.29, 1.82) is 0 Å². The number of aromatic nitrogens is 4. The molecule has 0 amide bonds. The van der Waals surface area contributed by atoms with Gasteiger partial charge in [0.05, 0.1) is 33.5 Å². The molecule has 4 aromatic heterocycles. The molecule has 0 aliphatic heterocycles. The number of pyridine rings is 2. The summed E-state index contributed by atoms with van der Waals surface area (Å²) >= 11 is 0. The highest BCUT2D eigenvalue weighted by atomic mass is 15.0. The summed E-state index contributed by atoms with van der Waals surface area (Å²) in [6.45, 7) is 13.8. The lowest BCUT2D eigenvalue weighted by Crippen LogP contribution is -2.10. The number of hydrogen-bond acceptors (Lipinski definition) is 2. The normalized spacial score (nSPS) is 12.2. The predicted octanol–water partition coefficient (Wildman–Crippen LogP) is 15.9. The third kappa shape index (κ3) is 6.69. The summed E-state index contributed by atoms with van der Waals surface area (Å²) < 4.78 is 4.90. The van der Waals surface area contributed by atoms with Crippen LogP contribution in [0.4, 0.5) is 0 Å². The molecule has 0 radical (unpaired) electrons. The molecule has 0 saturated carbocycles. The first-order valence-electron chi connectivity index (χ1n) is 22.3. The second-order valence-electron chi connectivity index (χ2n) is 19.1. The molecule has 0 aliphatic rings. The maximum Gasteiger partial charge on any atom is 0.0708 e. The smallest absolute Gasteiger partial charge is 0.0708 e. The summed E-state index contributed by atoms with van der Waals surface area (Å²) in [5.41, 5.74) is 18.4. The molecule has 4 heteroatoms. The fraction of sp³-hybridized carbons (Fsp3) is 0.133. The zero-order valence-corrected chi connectivity index (χ0v) is 37.3. The number of fused-ring (bicyclic) bond motifs is 6. The van der Waals surface area contributed by atoms with Crippen molar-refractivity contribution in [2.24, 2.45) is 0 Å². The van der Waals surface area contributed by atoms with Gasteiger partial charge in [-0.2, -0.15) is 0 Å². The lowest BCUT2D eigenvalue weighted by atomic mass is 9.86. The predicted molar refractivity (Wildman–Crippen MR) is 270 cm³/mol. The van der Waals surface area contributed by atoms with E-state index in [0.29, 0.717) is 0 Å². The molecule has 11 rings (SSSR count). The van der Waals surface area contributed by atoms with Crippen LogP contribution in [0.2, 0.25) is 0 Å². The summed E-state index contributed by atoms with van der Waals surface area (Å²) in [6.07, 6.45) is 3.74. The molecular formula is C60H50N4. The fourth-order valence-electron chi connectivity index (χ4n) is 9.60. The van der Waals surface area contributed by atoms with Crippen LogP contribution >= 0.6 is 0 Å². The van der Waals surface area contributed by atoms with E-state index in [0.717, 1.165) is 33.9 Å². The van der Waals surface area contributed by atoms with Crippen LogP contribution in [0.5, 0.6) is 0 Å². The molecule has 0 N–H and O–H groups in total. The van der Waals surface area contributed by atoms with E-state index >= 15 is 0 Å². The third-order valence-corrected chi connectivity index (χ3v) is 13.0. The standard InChI is InChI=1S/C60H50N4/c1-59(2,3)41-26-30-57-51(36-41)49-34-39(45-18-7-9-20-47(45)53-22-11-13-32-61-53)24-28-55(49)63(57)43-16-15-17-44(38-43)64-56-29-25-40(46-19-8-10-21-48(46)54-23-12-14-33-62-54)35-50(56)52-37-42(60(4,5)6)27-31-58(52)64/h7-38H,1-6H3. The van der Waals surface area contributed by atoms with Gasteiger partial charge in [0.2, 0.25) is 0 Å². The number of nitrogens with zero attached hydrogens (tertiary/aromatic N) is 4. The highest BCUT2D eigenvalue weighted by Gasteiger charge is 2.22. The minimum absolute atomic E-state index is 0.00448. The van der Waals surface area contributed by atoms with Gasteiger partial charge < -0.3 is 9.13 Å². The second kappa shape index (κ2) is 15.1. The van der Waals surface area contributed by atoms with Crippen molar-refractivity contribution in [3.63, 3.8) is 0 Å².